The fraction of sp³-hybridized carbons (Fsp3) is 0.464. The van der Waals surface area contributed by atoms with E-state index in [1.165, 1.54) is 41.1 Å². The van der Waals surface area contributed by atoms with Gasteiger partial charge in [0.15, 0.2) is 0 Å². The number of hydrogen-bond acceptors (Lipinski definition) is 9. The molecule has 0 radical (unpaired) electrons. The molecule has 3 aliphatic rings. The maximum atomic E-state index is 13.1. The first kappa shape index (κ1) is 30.5. The number of carbonyl (C=O) groups excluding carboxylic acids is 3. The predicted octanol–water partition coefficient (Wildman–Crippen LogP) is 3.73. The Labute approximate surface area is 244 Å². The van der Waals surface area contributed by atoms with Crippen molar-refractivity contribution >= 4 is 40.7 Å². The summed E-state index contributed by atoms with van der Waals surface area (Å²) in [5.41, 5.74) is 1.68. The smallest absolute Gasteiger partial charge is 0.416 e. The van der Waals surface area contributed by atoms with E-state index in [1.54, 1.807) is 25.1 Å². The molecule has 0 saturated carbocycles. The van der Waals surface area contributed by atoms with Crippen LogP contribution in [0.3, 0.4) is 0 Å². The lowest BCUT2D eigenvalue weighted by Crippen LogP contribution is -2.60. The standard InChI is InChI=1S/C28H30F3N3O9/c1-5-40-24-23(38-3)15(2)41-26(25(24)39-4)42-27(37)34-19-11-8-17(12-20(19)34)33-14-21(35)32(13-22(33)36)16-6-9-18(10-7-16)43-28(29,30)31/h6-12,15,23-26H,5,13-14H2,1-4H3/t15-,23-,24+,25+,26-,34?/m0/s1. The van der Waals surface area contributed by atoms with Crippen LogP contribution in [0.5, 0.6) is 5.75 Å². The maximum absolute atomic E-state index is 13.1. The monoisotopic (exact) mass is 609 g/mol. The van der Waals surface area contributed by atoms with Crippen molar-refractivity contribution in [3.8, 4) is 5.75 Å². The topological polar surface area (TPSA) is 116 Å². The highest BCUT2D eigenvalue weighted by atomic mass is 19.4. The van der Waals surface area contributed by atoms with Gasteiger partial charge >= 0.3 is 12.5 Å². The van der Waals surface area contributed by atoms with Crippen LogP contribution in [-0.2, 0) is 33.3 Å². The second-order valence-corrected chi connectivity index (χ2v) is 9.92. The molecule has 2 aromatic rings. The van der Waals surface area contributed by atoms with E-state index in [0.717, 1.165) is 12.1 Å². The van der Waals surface area contributed by atoms with Gasteiger partial charge < -0.3 is 38.2 Å². The molecule has 0 spiro atoms. The van der Waals surface area contributed by atoms with Crippen molar-refractivity contribution in [3.05, 3.63) is 42.5 Å². The van der Waals surface area contributed by atoms with Crippen molar-refractivity contribution in [3.63, 3.8) is 0 Å². The number of methoxy groups -OCH3 is 2. The second-order valence-electron chi connectivity index (χ2n) is 9.92. The van der Waals surface area contributed by atoms with Crippen molar-refractivity contribution in [2.75, 3.05) is 48.6 Å². The number of fused-ring (bicyclic) bond motifs is 1. The van der Waals surface area contributed by atoms with E-state index in [1.807, 2.05) is 6.92 Å². The normalized spacial score (nSPS) is 25.5. The zero-order chi connectivity index (χ0) is 31.1. The minimum Gasteiger partial charge on any atom is -0.416 e. The Morgan fingerprint density at radius 3 is 2.09 bits per heavy atom. The van der Waals surface area contributed by atoms with Gasteiger partial charge in [-0.05, 0) is 56.3 Å². The van der Waals surface area contributed by atoms with Gasteiger partial charge in [0, 0.05) is 32.2 Å². The summed E-state index contributed by atoms with van der Waals surface area (Å²) < 4.78 is 69.6. The molecule has 0 N–H and O–H groups in total. The number of hydrogen-bond donors (Lipinski definition) is 0. The zero-order valence-electron chi connectivity index (χ0n) is 23.7. The van der Waals surface area contributed by atoms with E-state index < -0.39 is 60.7 Å². The lowest BCUT2D eigenvalue weighted by atomic mass is 9.99. The van der Waals surface area contributed by atoms with E-state index in [0.29, 0.717) is 23.7 Å². The lowest BCUT2D eigenvalue weighted by Gasteiger charge is -2.43. The Balaban J connectivity index is 1.23. The molecule has 43 heavy (non-hydrogen) atoms. The Morgan fingerprint density at radius 1 is 0.907 bits per heavy atom. The van der Waals surface area contributed by atoms with Crippen LogP contribution in [0.1, 0.15) is 13.8 Å². The van der Waals surface area contributed by atoms with Gasteiger partial charge in [-0.25, -0.2) is 9.69 Å². The average Bonchev–Trinajstić information content (AvgIpc) is 3.68. The van der Waals surface area contributed by atoms with E-state index in [9.17, 15) is 27.6 Å². The number of alkyl halides is 3. The summed E-state index contributed by atoms with van der Waals surface area (Å²) in [4.78, 5) is 42.8. The SMILES string of the molecule is CCO[C@@H]1[C@@H](OC)[C@H](C)O[C@@H](OC(=O)N2c3ccc(N4CC(=O)N(c5ccc(OC(F)(F)F)cc5)CC4=O)cc32)[C@@H]1OC. The van der Waals surface area contributed by atoms with Crippen molar-refractivity contribution in [1.82, 2.24) is 0 Å². The zero-order valence-corrected chi connectivity index (χ0v) is 23.7. The van der Waals surface area contributed by atoms with Gasteiger partial charge in [0.1, 0.15) is 37.2 Å². The maximum Gasteiger partial charge on any atom is 0.573 e. The molecule has 5 atom stereocenters. The summed E-state index contributed by atoms with van der Waals surface area (Å²) in [6, 6.07) is 9.47. The molecular formula is C28H30F3N3O9. The molecule has 2 aromatic carbocycles. The van der Waals surface area contributed by atoms with Crippen LogP contribution < -0.4 is 19.4 Å². The molecule has 15 heteroatoms. The van der Waals surface area contributed by atoms with Gasteiger partial charge in [0.05, 0.1) is 17.5 Å². The van der Waals surface area contributed by atoms with Gasteiger partial charge in [-0.1, -0.05) is 0 Å². The number of halogens is 3. The van der Waals surface area contributed by atoms with E-state index in [-0.39, 0.29) is 18.8 Å². The lowest BCUT2D eigenvalue weighted by molar-refractivity contribution is -0.292. The molecule has 0 aromatic heterocycles. The molecule has 232 valence electrons. The molecule has 5 rings (SSSR count). The third kappa shape index (κ3) is 6.25. The van der Waals surface area contributed by atoms with Gasteiger partial charge in [-0.2, -0.15) is 0 Å². The number of rotatable bonds is 8. The first-order valence-electron chi connectivity index (χ1n) is 13.4. The first-order chi connectivity index (χ1) is 20.4. The third-order valence-corrected chi connectivity index (χ3v) is 7.30. The highest BCUT2D eigenvalue weighted by Gasteiger charge is 2.49. The van der Waals surface area contributed by atoms with Crippen LogP contribution >= 0.6 is 0 Å². The predicted molar refractivity (Wildman–Crippen MR) is 144 cm³/mol. The Morgan fingerprint density at radius 2 is 1.51 bits per heavy atom. The van der Waals surface area contributed by atoms with Gasteiger partial charge in [-0.15, -0.1) is 13.2 Å². The minimum atomic E-state index is -4.85. The molecule has 0 aliphatic carbocycles. The summed E-state index contributed by atoms with van der Waals surface area (Å²) in [5, 5.41) is 0. The van der Waals surface area contributed by atoms with E-state index >= 15 is 0 Å². The number of ether oxygens (including phenoxy) is 6. The Bertz CT molecular complexity index is 1370. The fourth-order valence-electron chi connectivity index (χ4n) is 5.30. The molecule has 0 bridgehead atoms. The molecular weight excluding hydrogens is 579 g/mol. The van der Waals surface area contributed by atoms with Crippen molar-refractivity contribution in [2.45, 2.75) is 50.9 Å². The summed E-state index contributed by atoms with van der Waals surface area (Å²) in [6.07, 6.45) is -8.84. The van der Waals surface area contributed by atoms with Gasteiger partial charge in [-0.3, -0.25) is 9.59 Å². The molecule has 3 aliphatic heterocycles. The van der Waals surface area contributed by atoms with Crippen molar-refractivity contribution < 1.29 is 56.0 Å². The van der Waals surface area contributed by atoms with E-state index in [4.69, 9.17) is 23.7 Å². The number of amides is 3. The number of anilines is 4. The Hall–Kier alpha value is -3.92. The number of carbonyl (C=O) groups is 3. The molecule has 12 nitrogen and oxygen atoms in total. The molecule has 3 amide bonds. The highest BCUT2D eigenvalue weighted by molar-refractivity contribution is 6.16. The number of benzene rings is 2. The summed E-state index contributed by atoms with van der Waals surface area (Å²) in [5.74, 6) is -1.32. The molecule has 0 unspecified atom stereocenters. The molecule has 3 heterocycles. The molecule has 2 fully saturated rings. The second kappa shape index (κ2) is 12.0. The van der Waals surface area contributed by atoms with Crippen LogP contribution in [-0.4, -0.2) is 88.9 Å². The van der Waals surface area contributed by atoms with Gasteiger partial charge in [0.2, 0.25) is 18.1 Å². The first-order valence-corrected chi connectivity index (χ1v) is 13.4. The van der Waals surface area contributed by atoms with Gasteiger partial charge in [0.25, 0.3) is 0 Å². The van der Waals surface area contributed by atoms with Crippen LogP contribution in [0.15, 0.2) is 42.5 Å². The van der Waals surface area contributed by atoms with Crippen LogP contribution in [0.4, 0.5) is 40.7 Å². The van der Waals surface area contributed by atoms with Crippen molar-refractivity contribution in [1.29, 1.82) is 0 Å². The number of piperazine rings is 1. The summed E-state index contributed by atoms with van der Waals surface area (Å²) in [6.45, 7) is 3.35. The fourth-order valence-corrected chi connectivity index (χ4v) is 5.30. The highest BCUT2D eigenvalue weighted by Crippen LogP contribution is 2.50. The summed E-state index contributed by atoms with van der Waals surface area (Å²) >= 11 is 0. The quantitative estimate of drug-likeness (QED) is 0.413. The van der Waals surface area contributed by atoms with Crippen LogP contribution in [0.2, 0.25) is 0 Å². The van der Waals surface area contributed by atoms with Crippen molar-refractivity contribution in [2.24, 2.45) is 0 Å². The average molecular weight is 610 g/mol. The third-order valence-electron chi connectivity index (χ3n) is 7.30. The largest absolute Gasteiger partial charge is 0.573 e. The number of nitrogens with zero attached hydrogens (tertiary/aromatic N) is 3. The Kier molecular flexibility index (Phi) is 8.51. The van der Waals surface area contributed by atoms with Crippen LogP contribution in [0, 0.1) is 0 Å². The van der Waals surface area contributed by atoms with E-state index in [2.05, 4.69) is 4.74 Å². The molecule has 2 saturated heterocycles. The minimum absolute atomic E-state index is 0.249. The van der Waals surface area contributed by atoms with Crippen LogP contribution in [0.25, 0.3) is 0 Å². The summed E-state index contributed by atoms with van der Waals surface area (Å²) in [7, 11) is 2.99.